The van der Waals surface area contributed by atoms with E-state index in [-0.39, 0.29) is 19.8 Å². The van der Waals surface area contributed by atoms with Crippen LogP contribution in [0.25, 0.3) is 11.1 Å². The quantitative estimate of drug-likeness (QED) is 0.316. The summed E-state index contributed by atoms with van der Waals surface area (Å²) >= 11 is 0. The van der Waals surface area contributed by atoms with Crippen LogP contribution < -0.4 is 10.9 Å². The highest BCUT2D eigenvalue weighted by Gasteiger charge is 2.49. The molecule has 0 atom stereocenters. The van der Waals surface area contributed by atoms with E-state index in [0.717, 1.165) is 23.8 Å². The Morgan fingerprint density at radius 1 is 0.561 bits per heavy atom. The highest BCUT2D eigenvalue weighted by atomic mass is 16.7. The summed E-state index contributed by atoms with van der Waals surface area (Å²) in [5.41, 5.74) is 15.1. The van der Waals surface area contributed by atoms with Crippen LogP contribution in [0.5, 0.6) is 0 Å². The van der Waals surface area contributed by atoms with Crippen molar-refractivity contribution in [3.05, 3.63) is 117 Å². The van der Waals surface area contributed by atoms with Gasteiger partial charge < -0.3 is 18.6 Å². The molecule has 2 aliphatic heterocycles. The third kappa shape index (κ3) is 3.51. The Kier molecular flexibility index (Phi) is 5.18. The van der Waals surface area contributed by atoms with Crippen LogP contribution in [0, 0.1) is 0 Å². The number of benzene rings is 4. The maximum atomic E-state index is 6.37. The van der Waals surface area contributed by atoms with Gasteiger partial charge >= 0.3 is 14.2 Å². The maximum Gasteiger partial charge on any atom is 0.494 e. The average molecular weight is 538 g/mol. The topological polar surface area (TPSA) is 36.9 Å². The van der Waals surface area contributed by atoms with E-state index in [1.54, 1.807) is 0 Å². The van der Waals surface area contributed by atoms with Crippen molar-refractivity contribution >= 4 is 25.2 Å². The van der Waals surface area contributed by atoms with Gasteiger partial charge in [-0.25, -0.2) is 0 Å². The first-order chi connectivity index (χ1) is 20.0. The zero-order valence-electron chi connectivity index (χ0n) is 23.7. The van der Waals surface area contributed by atoms with Crippen molar-refractivity contribution in [2.75, 3.05) is 19.8 Å². The number of hydrogen-bond donors (Lipinski definition) is 0. The van der Waals surface area contributed by atoms with Crippen molar-refractivity contribution < 1.29 is 18.6 Å². The Labute approximate surface area is 242 Å². The van der Waals surface area contributed by atoms with E-state index in [4.69, 9.17) is 18.6 Å². The molecule has 0 aromatic heterocycles. The Morgan fingerprint density at radius 3 is 1.56 bits per heavy atom. The van der Waals surface area contributed by atoms with Crippen molar-refractivity contribution in [3.8, 4) is 11.1 Å². The van der Waals surface area contributed by atoms with Crippen LogP contribution >= 0.6 is 0 Å². The van der Waals surface area contributed by atoms with Crippen molar-refractivity contribution in [1.29, 1.82) is 0 Å². The molecule has 0 bridgehead atoms. The van der Waals surface area contributed by atoms with Crippen LogP contribution in [-0.4, -0.2) is 39.7 Å². The summed E-state index contributed by atoms with van der Waals surface area (Å²) in [6.07, 6.45) is 4.63. The van der Waals surface area contributed by atoms with Crippen molar-refractivity contribution in [3.63, 3.8) is 0 Å². The third-order valence-electron chi connectivity index (χ3n) is 9.97. The van der Waals surface area contributed by atoms with Gasteiger partial charge in [-0.1, -0.05) is 72.8 Å². The van der Waals surface area contributed by atoms with Crippen LogP contribution in [0.1, 0.15) is 58.4 Å². The molecule has 6 heteroatoms. The summed E-state index contributed by atoms with van der Waals surface area (Å²) in [6.45, 7) is 6.03. The Hall–Kier alpha value is -3.15. The number of rotatable bonds is 4. The summed E-state index contributed by atoms with van der Waals surface area (Å²) in [7, 11) is -0.699. The molecule has 0 N–H and O–H groups in total. The Balaban J connectivity index is 1.34. The minimum Gasteiger partial charge on any atom is -0.405 e. The molecule has 202 valence electrons. The van der Waals surface area contributed by atoms with Gasteiger partial charge in [-0.15, -0.1) is 0 Å². The van der Waals surface area contributed by atoms with Crippen molar-refractivity contribution in [2.45, 2.75) is 50.5 Å². The second kappa shape index (κ2) is 8.68. The van der Waals surface area contributed by atoms with E-state index in [9.17, 15) is 0 Å². The van der Waals surface area contributed by atoms with E-state index in [0.29, 0.717) is 19.8 Å². The molecule has 3 aliphatic carbocycles. The van der Waals surface area contributed by atoms with Crippen LogP contribution in [-0.2, 0) is 49.7 Å². The van der Waals surface area contributed by atoms with Crippen molar-refractivity contribution in [1.82, 2.24) is 0 Å². The first-order valence-electron chi connectivity index (χ1n) is 15.1. The lowest BCUT2D eigenvalue weighted by Crippen LogP contribution is -2.37. The second-order valence-corrected chi connectivity index (χ2v) is 12.9. The molecule has 4 aromatic rings. The zero-order chi connectivity index (χ0) is 27.3. The summed E-state index contributed by atoms with van der Waals surface area (Å²) < 4.78 is 24.5. The van der Waals surface area contributed by atoms with Crippen molar-refractivity contribution in [2.24, 2.45) is 0 Å². The molecule has 4 nitrogen and oxygen atoms in total. The smallest absolute Gasteiger partial charge is 0.405 e. The lowest BCUT2D eigenvalue weighted by Gasteiger charge is -2.37. The highest BCUT2D eigenvalue weighted by molar-refractivity contribution is 6.62. The van der Waals surface area contributed by atoms with Gasteiger partial charge in [0.05, 0.1) is 30.8 Å². The standard InChI is InChI=1S/C35H32B2O4/c1-34(2)21-40-37(41-34)29-12-14-31-30-13-11-28(36-38-15-16-39-36)19-32(30)35(33(31)20-29,26-9-7-22-3-5-24(22)17-26)27-10-8-23-4-6-25(23)18-27/h7-14,17-20H,3-6,15-16,21H2,1-2H3. The molecule has 4 aromatic carbocycles. The van der Waals surface area contributed by atoms with E-state index in [2.05, 4.69) is 86.6 Å². The second-order valence-electron chi connectivity index (χ2n) is 12.9. The molecule has 0 amide bonds. The molecule has 0 spiro atoms. The highest BCUT2D eigenvalue weighted by Crippen LogP contribution is 2.56. The van der Waals surface area contributed by atoms with Gasteiger partial charge in [0.15, 0.2) is 0 Å². The number of aryl methyl sites for hydroxylation is 4. The van der Waals surface area contributed by atoms with Crippen LogP contribution in [0.4, 0.5) is 0 Å². The molecule has 0 unspecified atom stereocenters. The molecule has 2 fully saturated rings. The van der Waals surface area contributed by atoms with Gasteiger partial charge in [-0.3, -0.25) is 0 Å². The summed E-state index contributed by atoms with van der Waals surface area (Å²) in [5.74, 6) is 0. The molecule has 0 saturated carbocycles. The zero-order valence-corrected chi connectivity index (χ0v) is 23.7. The van der Waals surface area contributed by atoms with E-state index >= 15 is 0 Å². The van der Waals surface area contributed by atoms with Gasteiger partial charge in [0, 0.05) is 0 Å². The average Bonchev–Trinajstić information content (AvgIpc) is 3.67. The first-order valence-corrected chi connectivity index (χ1v) is 15.1. The Morgan fingerprint density at radius 2 is 1.10 bits per heavy atom. The van der Waals surface area contributed by atoms with Crippen LogP contribution in [0.2, 0.25) is 0 Å². The predicted octanol–water partition coefficient (Wildman–Crippen LogP) is 4.51. The first kappa shape index (κ1) is 24.4. The largest absolute Gasteiger partial charge is 0.494 e. The van der Waals surface area contributed by atoms with Crippen LogP contribution in [0.15, 0.2) is 72.8 Å². The van der Waals surface area contributed by atoms with Crippen LogP contribution in [0.3, 0.4) is 0 Å². The Bertz CT molecular complexity index is 1680. The minimum atomic E-state index is -0.474. The van der Waals surface area contributed by atoms with E-state index in [1.807, 2.05) is 0 Å². The molecular formula is C35H32B2O4. The fraction of sp³-hybridized carbons (Fsp3) is 0.314. The molecule has 2 heterocycles. The molecule has 2 saturated heterocycles. The van der Waals surface area contributed by atoms with Gasteiger partial charge in [-0.2, -0.15) is 0 Å². The molecular weight excluding hydrogens is 506 g/mol. The van der Waals surface area contributed by atoms with Gasteiger partial charge in [0.2, 0.25) is 0 Å². The minimum absolute atomic E-state index is 0.302. The fourth-order valence-electron chi connectivity index (χ4n) is 7.65. The number of hydrogen-bond acceptors (Lipinski definition) is 4. The fourth-order valence-corrected chi connectivity index (χ4v) is 7.65. The molecule has 0 radical (unpaired) electrons. The normalized spacial score (nSPS) is 20.6. The lowest BCUT2D eigenvalue weighted by molar-refractivity contribution is 0.137. The third-order valence-corrected chi connectivity index (χ3v) is 9.97. The monoisotopic (exact) mass is 538 g/mol. The van der Waals surface area contributed by atoms with E-state index < -0.39 is 5.41 Å². The summed E-state index contributed by atoms with van der Waals surface area (Å²) in [6, 6.07) is 28.1. The maximum absolute atomic E-state index is 6.37. The summed E-state index contributed by atoms with van der Waals surface area (Å²) in [4.78, 5) is 0. The lowest BCUT2D eigenvalue weighted by atomic mass is 9.63. The number of fused-ring (bicyclic) bond motifs is 5. The molecule has 41 heavy (non-hydrogen) atoms. The van der Waals surface area contributed by atoms with Gasteiger partial charge in [-0.05, 0) is 106 Å². The SMILES string of the molecule is CC1(C)COB(c2ccc3c(c2)C(c2ccc4c(c2)CC4)(c2ccc4c(c2)CC4)c2cc(B4OCCO4)ccc2-3)O1. The van der Waals surface area contributed by atoms with E-state index in [1.165, 1.54) is 68.5 Å². The summed E-state index contributed by atoms with van der Waals surface area (Å²) in [5, 5.41) is 0. The molecule has 5 aliphatic rings. The predicted molar refractivity (Wildman–Crippen MR) is 162 cm³/mol. The van der Waals surface area contributed by atoms with Gasteiger partial charge in [0.25, 0.3) is 0 Å². The molecule has 9 rings (SSSR count). The van der Waals surface area contributed by atoms with Gasteiger partial charge in [0.1, 0.15) is 0 Å².